The van der Waals surface area contributed by atoms with Crippen molar-refractivity contribution in [2.45, 2.75) is 32.2 Å². The Hall–Kier alpha value is -1.59. The van der Waals surface area contributed by atoms with Crippen molar-refractivity contribution in [3.63, 3.8) is 0 Å². The lowest BCUT2D eigenvalue weighted by atomic mass is 9.96. The zero-order chi connectivity index (χ0) is 14.3. The van der Waals surface area contributed by atoms with Gasteiger partial charge in [0.25, 0.3) is 0 Å². The second-order valence-corrected chi connectivity index (χ2v) is 4.78. The van der Waals surface area contributed by atoms with E-state index in [1.54, 1.807) is 31.2 Å². The lowest BCUT2D eigenvalue weighted by Gasteiger charge is -2.22. The third kappa shape index (κ3) is 4.89. The average molecular weight is 265 g/mol. The normalized spacial score (nSPS) is 13.7. The van der Waals surface area contributed by atoms with Gasteiger partial charge in [-0.2, -0.15) is 0 Å². The van der Waals surface area contributed by atoms with Gasteiger partial charge in [0.15, 0.2) is 0 Å². The van der Waals surface area contributed by atoms with E-state index < -0.39 is 5.54 Å². The molecule has 1 aromatic rings. The Kier molecular flexibility index (Phi) is 5.79. The number of anilines is 1. The molecule has 0 radical (unpaired) electrons. The summed E-state index contributed by atoms with van der Waals surface area (Å²) >= 11 is 0. The molecule has 0 spiro atoms. The summed E-state index contributed by atoms with van der Waals surface area (Å²) in [5, 5.41) is 2.81. The predicted molar refractivity (Wildman–Crippen MR) is 77.1 cm³/mol. The summed E-state index contributed by atoms with van der Waals surface area (Å²) in [7, 11) is 0. The van der Waals surface area contributed by atoms with Gasteiger partial charge in [-0.05, 0) is 37.6 Å². The summed E-state index contributed by atoms with van der Waals surface area (Å²) in [6, 6.07) is 7.15. The molecule has 0 fully saturated rings. The zero-order valence-corrected chi connectivity index (χ0v) is 11.6. The molecule has 1 amide bonds. The summed E-state index contributed by atoms with van der Waals surface area (Å²) in [5.41, 5.74) is 11.2. The van der Waals surface area contributed by atoms with Crippen molar-refractivity contribution < 1.29 is 9.53 Å². The number of amides is 1. The summed E-state index contributed by atoms with van der Waals surface area (Å²) in [4.78, 5) is 12.0. The number of carbonyl (C=O) groups excluding carboxylic acids is 1. The van der Waals surface area contributed by atoms with Crippen LogP contribution in [0.5, 0.6) is 5.75 Å². The second kappa shape index (κ2) is 7.11. The van der Waals surface area contributed by atoms with E-state index in [2.05, 4.69) is 5.32 Å². The van der Waals surface area contributed by atoms with E-state index in [0.717, 1.165) is 12.2 Å². The van der Waals surface area contributed by atoms with E-state index in [9.17, 15) is 4.79 Å². The second-order valence-electron chi connectivity index (χ2n) is 4.78. The van der Waals surface area contributed by atoms with E-state index >= 15 is 0 Å². The summed E-state index contributed by atoms with van der Waals surface area (Å²) in [6.45, 7) is 4.69. The molecule has 0 saturated carbocycles. The van der Waals surface area contributed by atoms with Crippen LogP contribution in [0.4, 0.5) is 5.69 Å². The molecule has 1 unspecified atom stereocenters. The average Bonchev–Trinajstić information content (AvgIpc) is 2.38. The molecule has 0 heterocycles. The van der Waals surface area contributed by atoms with Gasteiger partial charge in [-0.15, -0.1) is 0 Å². The smallest absolute Gasteiger partial charge is 0.244 e. The topological polar surface area (TPSA) is 90.4 Å². The highest BCUT2D eigenvalue weighted by atomic mass is 16.5. The van der Waals surface area contributed by atoms with Gasteiger partial charge in [0.1, 0.15) is 12.4 Å². The first kappa shape index (κ1) is 15.5. The van der Waals surface area contributed by atoms with Gasteiger partial charge in [-0.1, -0.05) is 13.3 Å². The van der Waals surface area contributed by atoms with Crippen LogP contribution in [0.25, 0.3) is 0 Å². The van der Waals surface area contributed by atoms with Crippen molar-refractivity contribution >= 4 is 11.6 Å². The van der Waals surface area contributed by atoms with Gasteiger partial charge < -0.3 is 21.5 Å². The Morgan fingerprint density at radius 2 is 2.00 bits per heavy atom. The van der Waals surface area contributed by atoms with E-state index in [0.29, 0.717) is 25.3 Å². The first-order chi connectivity index (χ1) is 8.99. The standard InChI is InChI=1S/C14H23N3O2/c1-3-8-14(2,16)13(18)17-11-4-6-12(7-5-11)19-10-9-15/h4-7H,3,8-10,15-16H2,1-2H3,(H,17,18). The van der Waals surface area contributed by atoms with Crippen molar-refractivity contribution in [1.29, 1.82) is 0 Å². The lowest BCUT2D eigenvalue weighted by Crippen LogP contribution is -2.48. The van der Waals surface area contributed by atoms with Crippen molar-refractivity contribution in [3.05, 3.63) is 24.3 Å². The number of hydrogen-bond acceptors (Lipinski definition) is 4. The molecular weight excluding hydrogens is 242 g/mol. The highest BCUT2D eigenvalue weighted by molar-refractivity contribution is 5.97. The number of benzene rings is 1. The number of nitrogens with one attached hydrogen (secondary N) is 1. The van der Waals surface area contributed by atoms with E-state index in [1.165, 1.54) is 0 Å². The van der Waals surface area contributed by atoms with Crippen molar-refractivity contribution in [2.75, 3.05) is 18.5 Å². The lowest BCUT2D eigenvalue weighted by molar-refractivity contribution is -0.120. The van der Waals surface area contributed by atoms with Crippen LogP contribution < -0.4 is 21.5 Å². The van der Waals surface area contributed by atoms with Gasteiger partial charge in [0.2, 0.25) is 5.91 Å². The Bertz CT molecular complexity index is 402. The number of carbonyl (C=O) groups is 1. The number of nitrogens with two attached hydrogens (primary N) is 2. The SMILES string of the molecule is CCCC(C)(N)C(=O)Nc1ccc(OCCN)cc1. The van der Waals surface area contributed by atoms with Crippen molar-refractivity contribution in [1.82, 2.24) is 0 Å². The minimum Gasteiger partial charge on any atom is -0.492 e. The van der Waals surface area contributed by atoms with Crippen molar-refractivity contribution in [2.24, 2.45) is 11.5 Å². The van der Waals surface area contributed by atoms with Gasteiger partial charge in [0.05, 0.1) is 5.54 Å². The largest absolute Gasteiger partial charge is 0.492 e. The third-order valence-corrected chi connectivity index (χ3v) is 2.79. The van der Waals surface area contributed by atoms with E-state index in [1.807, 2.05) is 6.92 Å². The molecular formula is C14H23N3O2. The molecule has 19 heavy (non-hydrogen) atoms. The first-order valence-electron chi connectivity index (χ1n) is 6.53. The zero-order valence-electron chi connectivity index (χ0n) is 11.6. The minimum absolute atomic E-state index is 0.176. The first-order valence-corrected chi connectivity index (χ1v) is 6.53. The fraction of sp³-hybridized carbons (Fsp3) is 0.500. The molecule has 1 atom stereocenters. The molecule has 1 aromatic carbocycles. The highest BCUT2D eigenvalue weighted by Crippen LogP contribution is 2.17. The quantitative estimate of drug-likeness (QED) is 0.696. The monoisotopic (exact) mass is 265 g/mol. The van der Waals surface area contributed by atoms with Crippen LogP contribution in [-0.4, -0.2) is 24.6 Å². The maximum atomic E-state index is 12.0. The Morgan fingerprint density at radius 1 is 1.37 bits per heavy atom. The van der Waals surface area contributed by atoms with Gasteiger partial charge in [-0.25, -0.2) is 0 Å². The molecule has 0 bridgehead atoms. The van der Waals surface area contributed by atoms with Crippen LogP contribution in [0.3, 0.4) is 0 Å². The van der Waals surface area contributed by atoms with Crippen LogP contribution in [0.1, 0.15) is 26.7 Å². The van der Waals surface area contributed by atoms with Gasteiger partial charge in [-0.3, -0.25) is 4.79 Å². The Labute approximate surface area is 114 Å². The molecule has 5 heteroatoms. The Morgan fingerprint density at radius 3 is 2.53 bits per heavy atom. The van der Waals surface area contributed by atoms with Crippen LogP contribution in [0.15, 0.2) is 24.3 Å². The number of ether oxygens (including phenoxy) is 1. The molecule has 0 saturated heterocycles. The fourth-order valence-electron chi connectivity index (χ4n) is 1.72. The third-order valence-electron chi connectivity index (χ3n) is 2.79. The van der Waals surface area contributed by atoms with Gasteiger partial charge in [0, 0.05) is 12.2 Å². The molecule has 0 aliphatic rings. The predicted octanol–water partition coefficient (Wildman–Crippen LogP) is 1.48. The number of rotatable bonds is 7. The van der Waals surface area contributed by atoms with Gasteiger partial charge >= 0.3 is 0 Å². The van der Waals surface area contributed by atoms with Crippen molar-refractivity contribution in [3.8, 4) is 5.75 Å². The van der Waals surface area contributed by atoms with Crippen LogP contribution >= 0.6 is 0 Å². The fourth-order valence-corrected chi connectivity index (χ4v) is 1.72. The highest BCUT2D eigenvalue weighted by Gasteiger charge is 2.26. The molecule has 0 aliphatic carbocycles. The van der Waals surface area contributed by atoms with E-state index in [-0.39, 0.29) is 5.91 Å². The minimum atomic E-state index is -0.844. The maximum absolute atomic E-state index is 12.0. The molecule has 106 valence electrons. The summed E-state index contributed by atoms with van der Waals surface area (Å²) in [6.07, 6.45) is 1.52. The van der Waals surface area contributed by atoms with Crippen LogP contribution in [0, 0.1) is 0 Å². The van der Waals surface area contributed by atoms with Crippen LogP contribution in [-0.2, 0) is 4.79 Å². The summed E-state index contributed by atoms with van der Waals surface area (Å²) < 4.78 is 5.36. The van der Waals surface area contributed by atoms with E-state index in [4.69, 9.17) is 16.2 Å². The number of hydrogen-bond donors (Lipinski definition) is 3. The molecule has 5 N–H and O–H groups in total. The Balaban J connectivity index is 2.60. The summed E-state index contributed by atoms with van der Waals surface area (Å²) in [5.74, 6) is 0.553. The van der Waals surface area contributed by atoms with Crippen LogP contribution in [0.2, 0.25) is 0 Å². The molecule has 5 nitrogen and oxygen atoms in total. The maximum Gasteiger partial charge on any atom is 0.244 e. The molecule has 0 aliphatic heterocycles. The molecule has 1 rings (SSSR count). The molecule has 0 aromatic heterocycles.